The van der Waals surface area contributed by atoms with Gasteiger partial charge in [0.15, 0.2) is 0 Å². The standard InChI is InChI=1S/C26H45NO2/c1-2-3-4-5-6-7-8-9-10-11-12-13-14-15-16-20-23-27-26(28)29-24-25-21-18-17-19-22-25/h17-19,21-22H,2-16,20,23-24H2,1H3,(H,27,28). The molecule has 0 aliphatic heterocycles. The third kappa shape index (κ3) is 17.1. The molecule has 1 amide bonds. The summed E-state index contributed by atoms with van der Waals surface area (Å²) < 4.78 is 5.21. The number of amides is 1. The topological polar surface area (TPSA) is 38.3 Å². The molecule has 1 N–H and O–H groups in total. The molecule has 0 unspecified atom stereocenters. The van der Waals surface area contributed by atoms with Crippen LogP contribution in [0.25, 0.3) is 0 Å². The molecule has 1 aromatic carbocycles. The van der Waals surface area contributed by atoms with E-state index in [0.717, 1.165) is 12.0 Å². The lowest BCUT2D eigenvalue weighted by atomic mass is 10.0. The Kier molecular flexibility index (Phi) is 17.4. The van der Waals surface area contributed by atoms with E-state index in [-0.39, 0.29) is 6.09 Å². The number of alkyl carbamates (subject to hydrolysis) is 1. The molecule has 3 heteroatoms. The van der Waals surface area contributed by atoms with Gasteiger partial charge in [-0.2, -0.15) is 0 Å². The molecule has 0 radical (unpaired) electrons. The summed E-state index contributed by atoms with van der Waals surface area (Å²) in [5.41, 5.74) is 1.02. The van der Waals surface area contributed by atoms with Crippen molar-refractivity contribution in [2.24, 2.45) is 0 Å². The Labute approximate surface area is 180 Å². The van der Waals surface area contributed by atoms with E-state index in [1.165, 1.54) is 96.3 Å². The average molecular weight is 404 g/mol. The third-order valence-corrected chi connectivity index (χ3v) is 5.51. The zero-order chi connectivity index (χ0) is 20.8. The first-order valence-corrected chi connectivity index (χ1v) is 12.3. The molecule has 0 saturated heterocycles. The van der Waals surface area contributed by atoms with E-state index >= 15 is 0 Å². The van der Waals surface area contributed by atoms with E-state index in [2.05, 4.69) is 12.2 Å². The summed E-state index contributed by atoms with van der Waals surface area (Å²) in [5, 5.41) is 2.84. The van der Waals surface area contributed by atoms with Crippen LogP contribution in [0.2, 0.25) is 0 Å². The highest BCUT2D eigenvalue weighted by molar-refractivity contribution is 5.67. The summed E-state index contributed by atoms with van der Waals surface area (Å²) >= 11 is 0. The molecular weight excluding hydrogens is 358 g/mol. The molecule has 0 fully saturated rings. The first-order chi connectivity index (χ1) is 14.3. The van der Waals surface area contributed by atoms with E-state index in [1.807, 2.05) is 30.3 Å². The molecule has 0 aliphatic carbocycles. The zero-order valence-electron chi connectivity index (χ0n) is 18.9. The van der Waals surface area contributed by atoms with Gasteiger partial charge in [-0.3, -0.25) is 0 Å². The van der Waals surface area contributed by atoms with Gasteiger partial charge in [0, 0.05) is 6.54 Å². The summed E-state index contributed by atoms with van der Waals surface area (Å²) in [6.07, 6.45) is 21.5. The number of benzene rings is 1. The molecule has 0 aromatic heterocycles. The van der Waals surface area contributed by atoms with Crippen molar-refractivity contribution in [3.63, 3.8) is 0 Å². The summed E-state index contributed by atoms with van der Waals surface area (Å²) in [6, 6.07) is 9.78. The maximum absolute atomic E-state index is 11.6. The van der Waals surface area contributed by atoms with Crippen molar-refractivity contribution in [1.82, 2.24) is 5.32 Å². The molecule has 1 rings (SSSR count). The van der Waals surface area contributed by atoms with Crippen molar-refractivity contribution in [2.75, 3.05) is 6.54 Å². The van der Waals surface area contributed by atoms with Crippen LogP contribution >= 0.6 is 0 Å². The van der Waals surface area contributed by atoms with Gasteiger partial charge in [-0.15, -0.1) is 0 Å². The highest BCUT2D eigenvalue weighted by Crippen LogP contribution is 2.13. The smallest absolute Gasteiger partial charge is 0.407 e. The molecule has 0 atom stereocenters. The monoisotopic (exact) mass is 403 g/mol. The van der Waals surface area contributed by atoms with Gasteiger partial charge in [-0.25, -0.2) is 4.79 Å². The van der Waals surface area contributed by atoms with E-state index < -0.39 is 0 Å². The van der Waals surface area contributed by atoms with Crippen LogP contribution in [0.1, 0.15) is 115 Å². The van der Waals surface area contributed by atoms with Crippen LogP contribution in [0.3, 0.4) is 0 Å². The van der Waals surface area contributed by atoms with Gasteiger partial charge in [0.2, 0.25) is 0 Å². The average Bonchev–Trinajstić information content (AvgIpc) is 2.75. The van der Waals surface area contributed by atoms with Gasteiger partial charge in [-0.1, -0.05) is 134 Å². The molecule has 1 aromatic rings. The third-order valence-electron chi connectivity index (χ3n) is 5.51. The van der Waals surface area contributed by atoms with Crippen LogP contribution in [0.15, 0.2) is 30.3 Å². The number of hydrogen-bond acceptors (Lipinski definition) is 2. The van der Waals surface area contributed by atoms with E-state index in [4.69, 9.17) is 4.74 Å². The lowest BCUT2D eigenvalue weighted by Gasteiger charge is -2.07. The molecule has 0 spiro atoms. The molecule has 0 saturated carbocycles. The van der Waals surface area contributed by atoms with Crippen molar-refractivity contribution >= 4 is 6.09 Å². The minimum absolute atomic E-state index is 0.310. The number of hydrogen-bond donors (Lipinski definition) is 1. The summed E-state index contributed by atoms with van der Waals surface area (Å²) in [5.74, 6) is 0. The van der Waals surface area contributed by atoms with Gasteiger partial charge in [0.05, 0.1) is 0 Å². The molecule has 0 bridgehead atoms. The second-order valence-corrected chi connectivity index (χ2v) is 8.29. The Hall–Kier alpha value is -1.51. The fourth-order valence-electron chi connectivity index (χ4n) is 3.64. The van der Waals surface area contributed by atoms with Gasteiger partial charge in [0.1, 0.15) is 6.61 Å². The van der Waals surface area contributed by atoms with E-state index in [1.54, 1.807) is 0 Å². The molecule has 3 nitrogen and oxygen atoms in total. The van der Waals surface area contributed by atoms with E-state index in [9.17, 15) is 4.79 Å². The Morgan fingerprint density at radius 3 is 1.62 bits per heavy atom. The number of carbonyl (C=O) groups is 1. The summed E-state index contributed by atoms with van der Waals surface area (Å²) in [6.45, 7) is 3.34. The van der Waals surface area contributed by atoms with Crippen molar-refractivity contribution < 1.29 is 9.53 Å². The summed E-state index contributed by atoms with van der Waals surface area (Å²) in [4.78, 5) is 11.6. The SMILES string of the molecule is CCCCCCCCCCCCCCCCCCNC(=O)OCc1ccccc1. The Morgan fingerprint density at radius 2 is 1.14 bits per heavy atom. The first kappa shape index (κ1) is 25.5. The maximum atomic E-state index is 11.6. The second kappa shape index (κ2) is 19.8. The van der Waals surface area contributed by atoms with Gasteiger partial charge in [0.25, 0.3) is 0 Å². The Balaban J connectivity index is 1.74. The summed E-state index contributed by atoms with van der Waals surface area (Å²) in [7, 11) is 0. The second-order valence-electron chi connectivity index (χ2n) is 8.29. The minimum Gasteiger partial charge on any atom is -0.445 e. The van der Waals surface area contributed by atoms with Crippen LogP contribution in [0.5, 0.6) is 0 Å². The highest BCUT2D eigenvalue weighted by Gasteiger charge is 2.01. The van der Waals surface area contributed by atoms with Crippen molar-refractivity contribution in [3.05, 3.63) is 35.9 Å². The Morgan fingerprint density at radius 1 is 0.690 bits per heavy atom. The van der Waals surface area contributed by atoms with Crippen LogP contribution in [0.4, 0.5) is 4.79 Å². The lowest BCUT2D eigenvalue weighted by molar-refractivity contribution is 0.139. The highest BCUT2D eigenvalue weighted by atomic mass is 16.5. The van der Waals surface area contributed by atoms with Crippen LogP contribution < -0.4 is 5.32 Å². The Bertz CT molecular complexity index is 475. The van der Waals surface area contributed by atoms with Crippen molar-refractivity contribution in [1.29, 1.82) is 0 Å². The fourth-order valence-corrected chi connectivity index (χ4v) is 3.64. The number of rotatable bonds is 19. The number of carbonyl (C=O) groups excluding carboxylic acids is 1. The number of nitrogens with one attached hydrogen (secondary N) is 1. The molecule has 166 valence electrons. The molecule has 0 aliphatic rings. The first-order valence-electron chi connectivity index (χ1n) is 12.3. The number of ether oxygens (including phenoxy) is 1. The van der Waals surface area contributed by atoms with Gasteiger partial charge in [-0.05, 0) is 12.0 Å². The maximum Gasteiger partial charge on any atom is 0.407 e. The predicted molar refractivity (Wildman–Crippen MR) is 124 cm³/mol. The molecule has 0 heterocycles. The van der Waals surface area contributed by atoms with Crippen LogP contribution in [-0.4, -0.2) is 12.6 Å². The van der Waals surface area contributed by atoms with Crippen molar-refractivity contribution in [3.8, 4) is 0 Å². The normalized spacial score (nSPS) is 10.8. The largest absolute Gasteiger partial charge is 0.445 e. The zero-order valence-corrected chi connectivity index (χ0v) is 18.9. The van der Waals surface area contributed by atoms with Crippen molar-refractivity contribution in [2.45, 2.75) is 116 Å². The predicted octanol–water partition coefficient (Wildman–Crippen LogP) is 8.17. The van der Waals surface area contributed by atoms with Gasteiger partial charge >= 0.3 is 6.09 Å². The van der Waals surface area contributed by atoms with Crippen LogP contribution in [0, 0.1) is 0 Å². The van der Waals surface area contributed by atoms with E-state index in [0.29, 0.717) is 13.2 Å². The lowest BCUT2D eigenvalue weighted by Crippen LogP contribution is -2.25. The quantitative estimate of drug-likeness (QED) is 0.236. The van der Waals surface area contributed by atoms with Crippen LogP contribution in [-0.2, 0) is 11.3 Å². The minimum atomic E-state index is -0.310. The number of unbranched alkanes of at least 4 members (excludes halogenated alkanes) is 15. The molecule has 29 heavy (non-hydrogen) atoms. The molecular formula is C26H45NO2. The fraction of sp³-hybridized carbons (Fsp3) is 0.731. The van der Waals surface area contributed by atoms with Gasteiger partial charge < -0.3 is 10.1 Å².